The molecule has 0 bridgehead atoms. The van der Waals surface area contributed by atoms with Gasteiger partial charge in [-0.3, -0.25) is 0 Å². The van der Waals surface area contributed by atoms with Crippen LogP contribution in [0.15, 0.2) is 24.3 Å². The number of hydrogen-bond acceptors (Lipinski definition) is 4. The number of urea groups is 1. The Morgan fingerprint density at radius 3 is 2.77 bits per heavy atom. The maximum Gasteiger partial charge on any atom is 0.422 e. The van der Waals surface area contributed by atoms with Gasteiger partial charge >= 0.3 is 12.1 Å². The molecule has 3 amide bonds. The van der Waals surface area contributed by atoms with E-state index in [1.807, 2.05) is 6.92 Å². The lowest BCUT2D eigenvalue weighted by atomic mass is 10.3. The fourth-order valence-electron chi connectivity index (χ4n) is 2.17. The van der Waals surface area contributed by atoms with Crippen molar-refractivity contribution in [3.63, 3.8) is 0 Å². The second-order valence-corrected chi connectivity index (χ2v) is 5.07. The topological polar surface area (TPSA) is 61.9 Å². The number of nitrogens with zero attached hydrogens (tertiary/aromatic N) is 2. The van der Waals surface area contributed by atoms with Gasteiger partial charge in [0.15, 0.2) is 0 Å². The molecule has 0 saturated carbocycles. The number of ether oxygens (including phenoxy) is 1. The summed E-state index contributed by atoms with van der Waals surface area (Å²) in [5, 5.41) is 3.18. The van der Waals surface area contributed by atoms with Crippen molar-refractivity contribution in [2.75, 3.05) is 37.7 Å². The van der Waals surface area contributed by atoms with E-state index >= 15 is 0 Å². The SMILES string of the molecule is CCCCOC(=O)N(C(=O)N1CCNCC1)c1[c]cccc1. The smallest absolute Gasteiger partial charge is 0.422 e. The average molecular weight is 304 g/mol. The third kappa shape index (κ3) is 4.21. The number of para-hydroxylation sites is 1. The molecule has 1 N–H and O–H groups in total. The molecule has 1 fully saturated rings. The van der Waals surface area contributed by atoms with Crippen LogP contribution in [-0.2, 0) is 4.74 Å². The minimum Gasteiger partial charge on any atom is -0.449 e. The van der Waals surface area contributed by atoms with E-state index in [9.17, 15) is 9.59 Å². The number of piperazine rings is 1. The van der Waals surface area contributed by atoms with Crippen molar-refractivity contribution in [3.8, 4) is 0 Å². The molecule has 0 unspecified atom stereocenters. The number of rotatable bonds is 4. The van der Waals surface area contributed by atoms with Crippen molar-refractivity contribution >= 4 is 17.8 Å². The van der Waals surface area contributed by atoms with Gasteiger partial charge in [0.1, 0.15) is 0 Å². The first-order valence-corrected chi connectivity index (χ1v) is 7.67. The van der Waals surface area contributed by atoms with E-state index in [0.717, 1.165) is 30.8 Å². The molecule has 119 valence electrons. The Morgan fingerprint density at radius 2 is 2.14 bits per heavy atom. The van der Waals surface area contributed by atoms with Gasteiger partial charge in [-0.2, -0.15) is 4.90 Å². The highest BCUT2D eigenvalue weighted by atomic mass is 16.6. The number of carbonyl (C=O) groups is 2. The summed E-state index contributed by atoms with van der Waals surface area (Å²) in [6.45, 7) is 4.93. The zero-order valence-electron chi connectivity index (χ0n) is 12.9. The quantitative estimate of drug-likeness (QED) is 0.867. The maximum absolute atomic E-state index is 12.7. The minimum atomic E-state index is -0.639. The molecule has 22 heavy (non-hydrogen) atoms. The van der Waals surface area contributed by atoms with Crippen LogP contribution >= 0.6 is 0 Å². The molecule has 1 radical (unpaired) electrons. The Kier molecular flexibility index (Phi) is 6.21. The Morgan fingerprint density at radius 1 is 1.36 bits per heavy atom. The molecule has 0 atom stereocenters. The van der Waals surface area contributed by atoms with Crippen LogP contribution in [0.5, 0.6) is 0 Å². The van der Waals surface area contributed by atoms with Gasteiger partial charge in [0.2, 0.25) is 0 Å². The van der Waals surface area contributed by atoms with E-state index in [4.69, 9.17) is 4.74 Å². The highest BCUT2D eigenvalue weighted by molar-refractivity contribution is 6.11. The van der Waals surface area contributed by atoms with E-state index in [-0.39, 0.29) is 6.03 Å². The van der Waals surface area contributed by atoms with Gasteiger partial charge in [0, 0.05) is 32.2 Å². The van der Waals surface area contributed by atoms with Crippen molar-refractivity contribution < 1.29 is 14.3 Å². The van der Waals surface area contributed by atoms with Crippen LogP contribution in [-0.4, -0.2) is 49.8 Å². The van der Waals surface area contributed by atoms with E-state index < -0.39 is 6.09 Å². The second-order valence-electron chi connectivity index (χ2n) is 5.07. The summed E-state index contributed by atoms with van der Waals surface area (Å²) in [6.07, 6.45) is 1.07. The van der Waals surface area contributed by atoms with Gasteiger partial charge in [-0.1, -0.05) is 31.5 Å². The lowest BCUT2D eigenvalue weighted by Gasteiger charge is -2.31. The Bertz CT molecular complexity index is 487. The summed E-state index contributed by atoms with van der Waals surface area (Å²) in [7, 11) is 0. The van der Waals surface area contributed by atoms with Crippen LogP contribution in [0.3, 0.4) is 0 Å². The highest BCUT2D eigenvalue weighted by Gasteiger charge is 2.30. The van der Waals surface area contributed by atoms with E-state index in [2.05, 4.69) is 11.4 Å². The van der Waals surface area contributed by atoms with Crippen molar-refractivity contribution in [3.05, 3.63) is 30.3 Å². The van der Waals surface area contributed by atoms with Crippen molar-refractivity contribution in [1.82, 2.24) is 10.2 Å². The number of nitrogens with one attached hydrogen (secondary N) is 1. The van der Waals surface area contributed by atoms with Crippen molar-refractivity contribution in [1.29, 1.82) is 0 Å². The van der Waals surface area contributed by atoms with Crippen molar-refractivity contribution in [2.24, 2.45) is 0 Å². The Hall–Kier alpha value is -2.08. The van der Waals surface area contributed by atoms with Gasteiger partial charge < -0.3 is 15.0 Å². The van der Waals surface area contributed by atoms with Gasteiger partial charge in [-0.05, 0) is 12.5 Å². The molecular formula is C16H22N3O3. The Balaban J connectivity index is 2.13. The number of hydrogen-bond donors (Lipinski definition) is 1. The molecule has 1 saturated heterocycles. The molecular weight excluding hydrogens is 282 g/mol. The Labute approximate surface area is 131 Å². The molecule has 1 aromatic rings. The number of amides is 3. The third-order valence-electron chi connectivity index (χ3n) is 3.42. The van der Waals surface area contributed by atoms with Crippen LogP contribution in [0.4, 0.5) is 15.3 Å². The first-order chi connectivity index (χ1) is 10.7. The molecule has 2 rings (SSSR count). The predicted molar refractivity (Wildman–Crippen MR) is 83.9 cm³/mol. The van der Waals surface area contributed by atoms with Gasteiger partial charge in [-0.15, -0.1) is 0 Å². The molecule has 0 aromatic heterocycles. The normalized spacial score (nSPS) is 14.5. The van der Waals surface area contributed by atoms with E-state index in [1.54, 1.807) is 29.2 Å². The zero-order chi connectivity index (χ0) is 15.8. The van der Waals surface area contributed by atoms with Gasteiger partial charge in [0.05, 0.1) is 12.3 Å². The number of imide groups is 1. The molecule has 1 aliphatic rings. The number of benzene rings is 1. The number of unbranched alkanes of at least 4 members (excludes halogenated alkanes) is 1. The molecule has 1 heterocycles. The minimum absolute atomic E-state index is 0.313. The summed E-state index contributed by atoms with van der Waals surface area (Å²) in [5.41, 5.74) is 0.410. The first kappa shape index (κ1) is 16.3. The van der Waals surface area contributed by atoms with Gasteiger partial charge in [-0.25, -0.2) is 9.59 Å². The fourth-order valence-corrected chi connectivity index (χ4v) is 2.17. The number of anilines is 1. The molecule has 1 aliphatic heterocycles. The summed E-state index contributed by atoms with van der Waals surface area (Å²) >= 11 is 0. The molecule has 0 spiro atoms. The average Bonchev–Trinajstić information content (AvgIpc) is 2.57. The highest BCUT2D eigenvalue weighted by Crippen LogP contribution is 2.17. The van der Waals surface area contributed by atoms with Crippen LogP contribution < -0.4 is 10.2 Å². The van der Waals surface area contributed by atoms with Crippen LogP contribution in [0, 0.1) is 6.07 Å². The maximum atomic E-state index is 12.7. The van der Waals surface area contributed by atoms with Crippen molar-refractivity contribution in [2.45, 2.75) is 19.8 Å². The summed E-state index contributed by atoms with van der Waals surface area (Å²) in [5.74, 6) is 0. The lowest BCUT2D eigenvalue weighted by molar-refractivity contribution is 0.147. The first-order valence-electron chi connectivity index (χ1n) is 7.67. The fraction of sp³-hybridized carbons (Fsp3) is 0.500. The molecule has 1 aromatic carbocycles. The van der Waals surface area contributed by atoms with Crippen LogP contribution in [0.1, 0.15) is 19.8 Å². The second kappa shape index (κ2) is 8.38. The molecule has 0 aliphatic carbocycles. The van der Waals surface area contributed by atoms with Gasteiger partial charge in [0.25, 0.3) is 0 Å². The summed E-state index contributed by atoms with van der Waals surface area (Å²) in [6, 6.07) is 9.48. The van der Waals surface area contributed by atoms with Crippen LogP contribution in [0.2, 0.25) is 0 Å². The summed E-state index contributed by atoms with van der Waals surface area (Å²) in [4.78, 5) is 27.7. The van der Waals surface area contributed by atoms with Crippen LogP contribution in [0.25, 0.3) is 0 Å². The number of carbonyl (C=O) groups excluding carboxylic acids is 2. The van der Waals surface area contributed by atoms with E-state index in [1.165, 1.54) is 0 Å². The lowest BCUT2D eigenvalue weighted by Crippen LogP contribution is -2.53. The molecule has 6 nitrogen and oxygen atoms in total. The monoisotopic (exact) mass is 304 g/mol. The predicted octanol–water partition coefficient (Wildman–Crippen LogP) is 2.26. The zero-order valence-corrected chi connectivity index (χ0v) is 12.9. The standard InChI is InChI=1S/C16H22N3O3/c1-2-3-13-22-16(21)19(14-7-5-4-6-8-14)15(20)18-11-9-17-10-12-18/h4-7,17H,2-3,9-13H2,1H3. The largest absolute Gasteiger partial charge is 0.449 e. The molecule has 6 heteroatoms. The third-order valence-corrected chi connectivity index (χ3v) is 3.42. The summed E-state index contributed by atoms with van der Waals surface area (Å²) < 4.78 is 5.21. The van der Waals surface area contributed by atoms with E-state index in [0.29, 0.717) is 25.4 Å².